The van der Waals surface area contributed by atoms with Gasteiger partial charge in [-0.1, -0.05) is 24.3 Å². The lowest BCUT2D eigenvalue weighted by Gasteiger charge is -2.30. The molecule has 128 valence electrons. The number of fused-ring (bicyclic) bond motifs is 1. The minimum atomic E-state index is -4.09. The SMILES string of the molecule is O=CCc1ccc2cc(OC3CCC(C(F)(F)F)CC3)ccc2c1. The van der Waals surface area contributed by atoms with Crippen LogP contribution in [0.3, 0.4) is 0 Å². The predicted molar refractivity (Wildman–Crippen MR) is 86.1 cm³/mol. The first-order valence-corrected chi connectivity index (χ1v) is 8.15. The smallest absolute Gasteiger partial charge is 0.391 e. The van der Waals surface area contributed by atoms with Crippen LogP contribution in [0.25, 0.3) is 10.8 Å². The summed E-state index contributed by atoms with van der Waals surface area (Å²) in [6.07, 6.45) is -1.86. The van der Waals surface area contributed by atoms with E-state index >= 15 is 0 Å². The molecule has 0 saturated heterocycles. The fraction of sp³-hybridized carbons (Fsp3) is 0.421. The van der Waals surface area contributed by atoms with Crippen molar-refractivity contribution < 1.29 is 22.7 Å². The number of hydrogen-bond donors (Lipinski definition) is 0. The molecule has 0 spiro atoms. The van der Waals surface area contributed by atoms with Crippen LogP contribution in [0.5, 0.6) is 5.75 Å². The Morgan fingerprint density at radius 1 is 1.00 bits per heavy atom. The second-order valence-electron chi connectivity index (χ2n) is 6.35. The lowest BCUT2D eigenvalue weighted by molar-refractivity contribution is -0.185. The fourth-order valence-electron chi connectivity index (χ4n) is 3.27. The highest BCUT2D eigenvalue weighted by Gasteiger charge is 2.41. The molecule has 0 N–H and O–H groups in total. The zero-order valence-corrected chi connectivity index (χ0v) is 13.2. The highest BCUT2D eigenvalue weighted by atomic mass is 19.4. The monoisotopic (exact) mass is 336 g/mol. The number of carbonyl (C=O) groups is 1. The van der Waals surface area contributed by atoms with Crippen molar-refractivity contribution in [1.82, 2.24) is 0 Å². The number of aldehydes is 1. The van der Waals surface area contributed by atoms with Crippen LogP contribution in [0.1, 0.15) is 31.2 Å². The third-order valence-corrected chi connectivity index (χ3v) is 4.64. The highest BCUT2D eigenvalue weighted by molar-refractivity contribution is 5.85. The molecule has 2 aromatic rings. The van der Waals surface area contributed by atoms with Crippen LogP contribution in [0.4, 0.5) is 13.2 Å². The van der Waals surface area contributed by atoms with Gasteiger partial charge in [-0.25, -0.2) is 0 Å². The number of halogens is 3. The van der Waals surface area contributed by atoms with E-state index in [9.17, 15) is 18.0 Å². The molecule has 0 amide bonds. The van der Waals surface area contributed by atoms with Crippen LogP contribution in [0, 0.1) is 5.92 Å². The van der Waals surface area contributed by atoms with Gasteiger partial charge in [-0.15, -0.1) is 0 Å². The Morgan fingerprint density at radius 2 is 1.67 bits per heavy atom. The summed E-state index contributed by atoms with van der Waals surface area (Å²) in [7, 11) is 0. The van der Waals surface area contributed by atoms with Crippen molar-refractivity contribution in [2.75, 3.05) is 0 Å². The van der Waals surface area contributed by atoms with Crippen molar-refractivity contribution in [3.05, 3.63) is 42.0 Å². The first-order chi connectivity index (χ1) is 11.5. The molecule has 0 radical (unpaired) electrons. The predicted octanol–water partition coefficient (Wildman–Crippen LogP) is 5.08. The number of ether oxygens (including phenoxy) is 1. The van der Waals surface area contributed by atoms with Gasteiger partial charge < -0.3 is 9.53 Å². The number of benzene rings is 2. The maximum absolute atomic E-state index is 12.7. The van der Waals surface area contributed by atoms with E-state index < -0.39 is 12.1 Å². The normalized spacial score (nSPS) is 21.6. The molecule has 1 saturated carbocycles. The van der Waals surface area contributed by atoms with E-state index in [-0.39, 0.29) is 18.9 Å². The van der Waals surface area contributed by atoms with Gasteiger partial charge in [-0.2, -0.15) is 13.2 Å². The van der Waals surface area contributed by atoms with Gasteiger partial charge in [0.25, 0.3) is 0 Å². The largest absolute Gasteiger partial charge is 0.490 e. The summed E-state index contributed by atoms with van der Waals surface area (Å²) in [6.45, 7) is 0. The van der Waals surface area contributed by atoms with E-state index in [4.69, 9.17) is 4.74 Å². The third kappa shape index (κ3) is 3.89. The molecular formula is C19H19F3O2. The van der Waals surface area contributed by atoms with E-state index in [1.54, 1.807) is 0 Å². The minimum absolute atomic E-state index is 0.136. The highest BCUT2D eigenvalue weighted by Crippen LogP contribution is 2.38. The molecule has 0 aliphatic heterocycles. The van der Waals surface area contributed by atoms with E-state index in [2.05, 4.69) is 0 Å². The standard InChI is InChI=1S/C19H19F3O2/c20-19(21,22)16-4-7-17(8-5-16)24-18-6-3-14-11-13(9-10-23)1-2-15(14)12-18/h1-3,6,10-12,16-17H,4-5,7-9H2. The Morgan fingerprint density at radius 3 is 2.33 bits per heavy atom. The molecule has 0 aromatic heterocycles. The summed E-state index contributed by atoms with van der Waals surface area (Å²) in [4.78, 5) is 10.6. The molecule has 1 aliphatic rings. The van der Waals surface area contributed by atoms with Crippen molar-refractivity contribution >= 4 is 17.1 Å². The van der Waals surface area contributed by atoms with Crippen molar-refractivity contribution in [1.29, 1.82) is 0 Å². The quantitative estimate of drug-likeness (QED) is 0.728. The molecule has 0 atom stereocenters. The van der Waals surface area contributed by atoms with E-state index in [0.717, 1.165) is 22.6 Å². The molecule has 0 unspecified atom stereocenters. The van der Waals surface area contributed by atoms with E-state index in [1.807, 2.05) is 36.4 Å². The van der Waals surface area contributed by atoms with Gasteiger partial charge in [0.2, 0.25) is 0 Å². The van der Waals surface area contributed by atoms with Crippen molar-refractivity contribution in [3.63, 3.8) is 0 Å². The Bertz CT molecular complexity index is 716. The number of alkyl halides is 3. The van der Waals surface area contributed by atoms with Crippen molar-refractivity contribution in [2.45, 2.75) is 44.4 Å². The Labute approximate surface area is 138 Å². The Hall–Kier alpha value is -2.04. The lowest BCUT2D eigenvalue weighted by Crippen LogP contribution is -2.31. The molecule has 2 nitrogen and oxygen atoms in total. The van der Waals surface area contributed by atoms with Gasteiger partial charge in [-0.3, -0.25) is 0 Å². The molecule has 2 aromatic carbocycles. The van der Waals surface area contributed by atoms with Gasteiger partial charge in [0.1, 0.15) is 12.0 Å². The first kappa shape index (κ1) is 16.8. The molecule has 3 rings (SSSR count). The van der Waals surface area contributed by atoms with Crippen LogP contribution in [-0.4, -0.2) is 18.6 Å². The third-order valence-electron chi connectivity index (χ3n) is 4.64. The maximum Gasteiger partial charge on any atom is 0.391 e. The zero-order valence-electron chi connectivity index (χ0n) is 13.2. The molecule has 5 heteroatoms. The number of carbonyl (C=O) groups excluding carboxylic acids is 1. The van der Waals surface area contributed by atoms with Gasteiger partial charge in [0.05, 0.1) is 12.0 Å². The topological polar surface area (TPSA) is 26.3 Å². The minimum Gasteiger partial charge on any atom is -0.490 e. The van der Waals surface area contributed by atoms with Crippen LogP contribution in [0.2, 0.25) is 0 Å². The second kappa shape index (κ2) is 6.83. The average molecular weight is 336 g/mol. The van der Waals surface area contributed by atoms with Gasteiger partial charge >= 0.3 is 6.18 Å². The summed E-state index contributed by atoms with van der Waals surface area (Å²) in [5.41, 5.74) is 0.955. The first-order valence-electron chi connectivity index (χ1n) is 8.15. The van der Waals surface area contributed by atoms with Crippen LogP contribution in [0.15, 0.2) is 36.4 Å². The second-order valence-corrected chi connectivity index (χ2v) is 6.35. The number of hydrogen-bond acceptors (Lipinski definition) is 2. The summed E-state index contributed by atoms with van der Waals surface area (Å²) in [5, 5.41) is 2.01. The van der Waals surface area contributed by atoms with E-state index in [1.165, 1.54) is 0 Å². The van der Waals surface area contributed by atoms with Gasteiger partial charge in [-0.05, 0) is 54.2 Å². The molecule has 0 bridgehead atoms. The lowest BCUT2D eigenvalue weighted by atomic mass is 9.87. The molecule has 24 heavy (non-hydrogen) atoms. The summed E-state index contributed by atoms with van der Waals surface area (Å²) in [5.74, 6) is -0.508. The maximum atomic E-state index is 12.7. The zero-order chi connectivity index (χ0) is 17.2. The summed E-state index contributed by atoms with van der Waals surface area (Å²) < 4.78 is 44.0. The fourth-order valence-corrected chi connectivity index (χ4v) is 3.27. The van der Waals surface area contributed by atoms with Crippen molar-refractivity contribution in [3.8, 4) is 5.75 Å². The molecule has 1 fully saturated rings. The van der Waals surface area contributed by atoms with Crippen molar-refractivity contribution in [2.24, 2.45) is 5.92 Å². The summed E-state index contributed by atoms with van der Waals surface area (Å²) >= 11 is 0. The molecular weight excluding hydrogens is 317 g/mol. The molecule has 0 heterocycles. The summed E-state index contributed by atoms with van der Waals surface area (Å²) in [6, 6.07) is 11.4. The Kier molecular flexibility index (Phi) is 4.78. The van der Waals surface area contributed by atoms with E-state index in [0.29, 0.717) is 25.0 Å². The van der Waals surface area contributed by atoms with Gasteiger partial charge in [0, 0.05) is 6.42 Å². The Balaban J connectivity index is 1.66. The van der Waals surface area contributed by atoms with Gasteiger partial charge in [0.15, 0.2) is 0 Å². The van der Waals surface area contributed by atoms with Crippen LogP contribution in [-0.2, 0) is 11.2 Å². The van der Waals surface area contributed by atoms with Crippen LogP contribution >= 0.6 is 0 Å². The van der Waals surface area contributed by atoms with Crippen LogP contribution < -0.4 is 4.74 Å². The number of rotatable bonds is 4. The molecule has 1 aliphatic carbocycles. The average Bonchev–Trinajstić information content (AvgIpc) is 2.55.